The Morgan fingerprint density at radius 1 is 0.618 bits per heavy atom. The van der Waals surface area contributed by atoms with Crippen molar-refractivity contribution in [3.8, 4) is 0 Å². The molecule has 0 radical (unpaired) electrons. The topological polar surface area (TPSA) is 323 Å². The fourth-order valence-electron chi connectivity index (χ4n) is 14.8. The van der Waals surface area contributed by atoms with E-state index in [-0.39, 0.29) is 60.6 Å². The van der Waals surface area contributed by atoms with Crippen molar-refractivity contribution in [2.24, 2.45) is 0 Å². The lowest BCUT2D eigenvalue weighted by Gasteiger charge is -2.50. The highest BCUT2D eigenvalue weighted by Gasteiger charge is 2.52. The Morgan fingerprint density at radius 2 is 1.08 bits per heavy atom. The van der Waals surface area contributed by atoms with Gasteiger partial charge in [0.15, 0.2) is 0 Å². The lowest BCUT2D eigenvalue weighted by atomic mass is 9.87. The Bertz CT molecular complexity index is 4520. The number of urea groups is 1. The molecule has 4 aromatic carbocycles. The van der Waals surface area contributed by atoms with Gasteiger partial charge in [-0.05, 0) is 102 Å². The van der Waals surface area contributed by atoms with E-state index in [1.807, 2.05) is 53.7 Å². The third-order valence-electron chi connectivity index (χ3n) is 20.0. The van der Waals surface area contributed by atoms with Crippen molar-refractivity contribution >= 4 is 145 Å². The average Bonchev–Trinajstić information content (AvgIpc) is 1.77. The number of piperidine rings is 1. The highest BCUT2D eigenvalue weighted by molar-refractivity contribution is 7.88. The number of nitrogens with zero attached hydrogens (tertiary/aromatic N) is 12. The molecule has 4 amide bonds. The predicted octanol–water partition coefficient (Wildman–Crippen LogP) is 7.78. The van der Waals surface area contributed by atoms with E-state index in [9.17, 15) is 49.2 Å². The first-order chi connectivity index (χ1) is 48.1. The normalized spacial score (nSPS) is 20.4. The number of hydrogen-bond acceptors (Lipinski definition) is 19. The highest BCUT2D eigenvalue weighted by Crippen LogP contribution is 2.43. The maximum atomic E-state index is 13.4. The first kappa shape index (κ1) is 75.4. The van der Waals surface area contributed by atoms with Crippen LogP contribution in [0.2, 0.25) is 15.1 Å². The van der Waals surface area contributed by atoms with Gasteiger partial charge >= 0.3 is 18.2 Å². The number of methoxy groups -OCH3 is 1. The lowest BCUT2D eigenvalue weighted by molar-refractivity contribution is -0.143. The van der Waals surface area contributed by atoms with E-state index in [2.05, 4.69) is 108 Å². The van der Waals surface area contributed by atoms with Crippen LogP contribution in [0, 0.1) is 0 Å². The number of amides is 4. The zero-order chi connectivity index (χ0) is 73.4. The summed E-state index contributed by atoms with van der Waals surface area (Å²) in [4.78, 5) is 62.7. The molecule has 552 valence electrons. The van der Waals surface area contributed by atoms with Gasteiger partial charge in [-0.3, -0.25) is 49.5 Å². The van der Waals surface area contributed by atoms with Gasteiger partial charge in [0.2, 0.25) is 26.0 Å². The zero-order valence-electron chi connectivity index (χ0n) is 57.9. The van der Waals surface area contributed by atoms with Crippen LogP contribution in [0.4, 0.5) is 40.7 Å². The largest absolute Gasteiger partial charge is 0.468 e. The average molecular weight is 1520 g/mol. The van der Waals surface area contributed by atoms with Crippen LogP contribution in [-0.2, 0) is 45.3 Å². The van der Waals surface area contributed by atoms with Gasteiger partial charge in [-0.25, -0.2) is 26.4 Å². The van der Waals surface area contributed by atoms with Crippen molar-refractivity contribution in [2.75, 3.05) is 138 Å². The second-order valence-corrected chi connectivity index (χ2v) is 32.8. The Balaban J connectivity index is 0.000000137. The number of ether oxygens (including phenoxy) is 1. The smallest absolute Gasteiger partial charge is 0.416 e. The molecule has 1 aliphatic carbocycles. The number of nitrogens with one attached hydrogen (secondary N) is 7. The van der Waals surface area contributed by atoms with Crippen LogP contribution in [0.15, 0.2) is 73.3 Å². The second kappa shape index (κ2) is 30.1. The number of aromatic nitrogens is 8. The van der Waals surface area contributed by atoms with E-state index >= 15 is 0 Å². The van der Waals surface area contributed by atoms with Gasteiger partial charge in [-0.1, -0.05) is 47.6 Å². The number of fused-ring (bicyclic) bond motifs is 5. The molecular weight excluding hydrogens is 1430 g/mol. The summed E-state index contributed by atoms with van der Waals surface area (Å²) in [5, 5.41) is 38.9. The summed E-state index contributed by atoms with van der Waals surface area (Å²) < 4.78 is 95.5. The molecule has 6 aliphatic rings. The summed E-state index contributed by atoms with van der Waals surface area (Å²) in [5.74, 6) is -0.463. The van der Waals surface area contributed by atoms with Crippen molar-refractivity contribution in [1.29, 1.82) is 0 Å². The molecule has 2 atom stereocenters. The van der Waals surface area contributed by atoms with Crippen LogP contribution in [0.1, 0.15) is 71.8 Å². The van der Waals surface area contributed by atoms with Crippen molar-refractivity contribution in [3.05, 3.63) is 93.9 Å². The van der Waals surface area contributed by atoms with Crippen LogP contribution in [0.3, 0.4) is 0 Å². The standard InChI is InChI=1S/C17H21ClN6O4S.C17H21F3N4O2S.C16H22ClN5O.C16H21ClN4O2/c1-29(27,28)20-4-7-24-15(25)17(21-16(24)26)2-5-23(6-3-17)14-9-11(18)8-13-12(14)10-19-22-13;1-27(25,26)24-7-6-23(14-4-2-3-5-15(14)24)16-9-11(17(18,19)20)8-13-12(16)10-21-22-13;1-16(2)10-21(4-5-22(16)9-15(23)18-3)14-7-11(17)6-13-12(14)8-19-20-13;1-16(2)10-20(4-5-21(16)9-15(22)23-3)14-7-11(17)6-13-12(14)8-18-19-13/h8-10,20H,2-7H2,1H3,(H,19,22)(H,21,26);8-10,14-15H,2-7H2,1H3,(H,21,22);6-8H,4-5,9-10H2,1-3H3,(H,18,23)(H,19,20);6-8H,4-5,9-10H2,1-3H3,(H,18,19). The number of aromatic amines is 4. The number of alkyl halides is 3. The Morgan fingerprint density at radius 3 is 1.53 bits per heavy atom. The third-order valence-corrected chi connectivity index (χ3v) is 22.7. The molecule has 1 saturated carbocycles. The Kier molecular flexibility index (Phi) is 22.3. The van der Waals surface area contributed by atoms with Gasteiger partial charge in [0.05, 0.1) is 85.1 Å². The number of hydrogen-bond donors (Lipinski definition) is 7. The molecule has 5 saturated heterocycles. The number of imide groups is 1. The number of esters is 1. The minimum absolute atomic E-state index is 0.00681. The van der Waals surface area contributed by atoms with E-state index in [0.29, 0.717) is 77.2 Å². The van der Waals surface area contributed by atoms with Crippen LogP contribution >= 0.6 is 34.8 Å². The van der Waals surface area contributed by atoms with Gasteiger partial charge in [0.1, 0.15) is 5.54 Å². The molecule has 9 heterocycles. The zero-order valence-corrected chi connectivity index (χ0v) is 61.8. The molecule has 8 aromatic rings. The van der Waals surface area contributed by atoms with Gasteiger partial charge < -0.3 is 35.0 Å². The molecule has 5 aliphatic heterocycles. The number of halogens is 6. The molecule has 36 heteroatoms. The van der Waals surface area contributed by atoms with Crippen molar-refractivity contribution in [2.45, 2.75) is 101 Å². The molecule has 4 aromatic heterocycles. The lowest BCUT2D eigenvalue weighted by Crippen LogP contribution is -2.62. The van der Waals surface area contributed by atoms with Gasteiger partial charge in [-0.15, -0.1) is 0 Å². The second-order valence-electron chi connectivity index (χ2n) is 27.8. The van der Waals surface area contributed by atoms with Crippen LogP contribution in [0.25, 0.3) is 43.6 Å². The minimum atomic E-state index is -4.46. The quantitative estimate of drug-likeness (QED) is 0.0428. The minimum Gasteiger partial charge on any atom is -0.468 e. The number of anilines is 4. The van der Waals surface area contributed by atoms with Crippen LogP contribution in [0.5, 0.6) is 0 Å². The Hall–Kier alpha value is -7.76. The molecule has 102 heavy (non-hydrogen) atoms. The Labute approximate surface area is 603 Å². The number of sulfonamides is 2. The van der Waals surface area contributed by atoms with E-state index in [4.69, 9.17) is 39.5 Å². The highest BCUT2D eigenvalue weighted by atomic mass is 35.5. The molecule has 0 bridgehead atoms. The molecule has 2 unspecified atom stereocenters. The number of carbonyl (C=O) groups is 4. The number of carbonyl (C=O) groups excluding carboxylic acids is 4. The number of benzene rings is 4. The van der Waals surface area contributed by atoms with Gasteiger partial charge in [-0.2, -0.15) is 37.9 Å². The third kappa shape index (κ3) is 16.7. The first-order valence-corrected chi connectivity index (χ1v) is 38.3. The summed E-state index contributed by atoms with van der Waals surface area (Å²) in [6, 6.07) is 12.8. The summed E-state index contributed by atoms with van der Waals surface area (Å²) in [6.45, 7) is 16.0. The molecule has 14 rings (SSSR count). The fraction of sp³-hybridized carbons (Fsp3) is 0.515. The van der Waals surface area contributed by atoms with E-state index in [1.165, 1.54) is 29.9 Å². The van der Waals surface area contributed by atoms with Crippen LogP contribution in [-0.4, -0.2) is 247 Å². The maximum absolute atomic E-state index is 13.4. The van der Waals surface area contributed by atoms with E-state index in [0.717, 1.165) is 132 Å². The number of rotatable bonds is 13. The molecule has 1 spiro atoms. The number of H-pyrrole nitrogens is 4. The molecule has 6 fully saturated rings. The fourth-order valence-corrected chi connectivity index (χ4v) is 17.0. The molecule has 28 nitrogen and oxygen atoms in total. The SMILES string of the molecule is CNC(=O)CN1CCN(c2cc(Cl)cc3[nH]ncc23)CC1(C)C.COC(=O)CN1CCN(c2cc(Cl)cc3[nH]ncc23)CC1(C)C.CS(=O)(=O)N1CCN(c2cc(C(F)(F)F)cc3[nH]ncc23)C2CCCCC21.CS(=O)(=O)NCCN1C(=O)NC2(CCN(c3cc(Cl)cc4[nH]ncc34)CC2)C1=O. The number of piperazine rings is 3. The van der Waals surface area contributed by atoms with Gasteiger partial charge in [0.25, 0.3) is 5.91 Å². The molecule has 7 N–H and O–H groups in total. The first-order valence-electron chi connectivity index (χ1n) is 33.4. The number of likely N-dealkylation sites (N-methyl/N-ethyl adjacent to an activating group) is 1. The monoisotopic (exact) mass is 1510 g/mol. The summed E-state index contributed by atoms with van der Waals surface area (Å²) in [5.41, 5.74) is 4.68. The maximum Gasteiger partial charge on any atom is 0.416 e. The summed E-state index contributed by atoms with van der Waals surface area (Å²) in [6.07, 6.45) is 8.93. The van der Waals surface area contributed by atoms with Crippen molar-refractivity contribution < 1.29 is 53.9 Å². The summed E-state index contributed by atoms with van der Waals surface area (Å²) in [7, 11) is -3.64. The van der Waals surface area contributed by atoms with E-state index in [1.54, 1.807) is 13.2 Å². The van der Waals surface area contributed by atoms with Crippen molar-refractivity contribution in [1.82, 2.24) is 75.2 Å². The summed E-state index contributed by atoms with van der Waals surface area (Å²) >= 11 is 18.7. The van der Waals surface area contributed by atoms with E-state index < -0.39 is 43.4 Å². The van der Waals surface area contributed by atoms with Crippen molar-refractivity contribution in [3.63, 3.8) is 0 Å². The predicted molar refractivity (Wildman–Crippen MR) is 388 cm³/mol. The van der Waals surface area contributed by atoms with Gasteiger partial charge in [0, 0.05) is 168 Å². The van der Waals surface area contributed by atoms with Crippen LogP contribution < -0.4 is 35.0 Å². The molecular formula is C66H85Cl3F3N19O9S2.